The predicted octanol–water partition coefficient (Wildman–Crippen LogP) is 8.13. The summed E-state index contributed by atoms with van der Waals surface area (Å²) in [6, 6.07) is 19.1. The standard InChI is InChI=1S/C41H66O3.23CH2O/c1-38(39-28-24-23-25-29-39)40-30-32-41(33-31-40)44-37-36-43-35-27-22-20-18-16-14-12-10-8-6-4-2-3-5-7-9-11-13-15-17-19-21-26-34-42;23*1-2/h23-25,28-34,38H,2-22,26-27,35-37H2,1H3;23*1H2/p+1. The molecule has 1 atom stereocenters. The normalized spacial score (nSPS) is 6.86. The second kappa shape index (κ2) is 299. The first kappa shape index (κ1) is 149. The van der Waals surface area contributed by atoms with Gasteiger partial charge in [0.2, 0.25) is 0 Å². The fraction of sp³-hybridized carbons (Fsp3) is 0.438. The van der Waals surface area contributed by atoms with E-state index in [9.17, 15) is 0 Å². The van der Waals surface area contributed by atoms with E-state index in [1.165, 1.54) is 146 Å². The van der Waals surface area contributed by atoms with E-state index >= 15 is 0 Å². The number of rotatable bonds is 31. The minimum absolute atomic E-state index is 0.387. The van der Waals surface area contributed by atoms with Gasteiger partial charge in [-0.3, -0.25) is 4.79 Å². The topological polar surface area (TPSA) is 432 Å². The lowest BCUT2D eigenvalue weighted by molar-refractivity contribution is -0.0987. The van der Waals surface area contributed by atoms with Crippen LogP contribution < -0.4 is 4.74 Å². The van der Waals surface area contributed by atoms with Crippen molar-refractivity contribution in [3.63, 3.8) is 0 Å². The van der Waals surface area contributed by atoms with E-state index in [0.717, 1.165) is 31.6 Å². The van der Waals surface area contributed by atoms with Crippen molar-refractivity contribution in [3.8, 4) is 5.75 Å². The molecule has 0 saturated carbocycles. The molecule has 1 unspecified atom stereocenters. The fourth-order valence-corrected chi connectivity index (χ4v) is 6.08. The van der Waals surface area contributed by atoms with Gasteiger partial charge in [0.25, 0.3) is 6.29 Å². The molecule has 0 aliphatic heterocycles. The number of hydrogen-bond donors (Lipinski definition) is 0. The molecule has 2 aromatic rings. The number of aldehydes is 1. The second-order valence-corrected chi connectivity index (χ2v) is 12.9. The van der Waals surface area contributed by atoms with Gasteiger partial charge in [-0.05, 0) is 36.1 Å². The van der Waals surface area contributed by atoms with Gasteiger partial charge in [-0.2, -0.15) is 0 Å². The molecular weight excluding hydrogens is 1180 g/mol. The molecule has 0 heterocycles. The number of benzene rings is 2. The molecule has 90 heavy (non-hydrogen) atoms. The predicted molar refractivity (Wildman–Crippen MR) is 355 cm³/mol. The van der Waals surface area contributed by atoms with E-state index in [-0.39, 0.29) is 0 Å². The lowest BCUT2D eigenvalue weighted by Gasteiger charge is -2.13. The van der Waals surface area contributed by atoms with E-state index in [2.05, 4.69) is 61.5 Å². The largest absolute Gasteiger partial charge is 0.491 e. The third-order valence-electron chi connectivity index (χ3n) is 9.05. The second-order valence-electron chi connectivity index (χ2n) is 12.9. The van der Waals surface area contributed by atoms with Crippen molar-refractivity contribution < 1.29 is 125 Å². The summed E-state index contributed by atoms with van der Waals surface area (Å²) >= 11 is 0. The van der Waals surface area contributed by atoms with Crippen LogP contribution in [0.2, 0.25) is 0 Å². The Morgan fingerprint density at radius 1 is 0.267 bits per heavy atom. The maximum atomic E-state index is 8.67. The minimum atomic E-state index is 0.387. The maximum Gasteiger partial charge on any atom is 0.281 e. The fourth-order valence-electron chi connectivity index (χ4n) is 6.08. The minimum Gasteiger partial charge on any atom is -0.491 e. The lowest BCUT2D eigenvalue weighted by Crippen LogP contribution is -2.07. The van der Waals surface area contributed by atoms with Gasteiger partial charge in [0.05, 0.1) is 13.0 Å². The molecule has 0 radical (unpaired) electrons. The molecule has 26 heteroatoms. The van der Waals surface area contributed by atoms with Gasteiger partial charge < -0.3 is 120 Å². The molecule has 0 spiro atoms. The molecule has 0 amide bonds. The Morgan fingerprint density at radius 2 is 0.467 bits per heavy atom. The van der Waals surface area contributed by atoms with E-state index in [4.69, 9.17) is 125 Å². The van der Waals surface area contributed by atoms with Crippen LogP contribution in [-0.2, 0) is 115 Å². The average Bonchev–Trinajstić information content (AvgIpc) is 3.86. The molecular formula is C64H113O26+. The Hall–Kier alpha value is -9.72. The molecule has 2 aromatic carbocycles. The van der Waals surface area contributed by atoms with Crippen LogP contribution in [0.25, 0.3) is 0 Å². The summed E-state index contributed by atoms with van der Waals surface area (Å²) in [4.78, 5) is 193. The summed E-state index contributed by atoms with van der Waals surface area (Å²) < 4.78 is 11.7. The molecule has 0 aliphatic carbocycles. The summed E-state index contributed by atoms with van der Waals surface area (Å²) in [6.07, 6.45) is 32.5. The Balaban J connectivity index is -0.0000000421. The average molecular weight is 1300 g/mol. The number of hydrogen-bond acceptors (Lipinski definition) is 25. The Kier molecular flexibility index (Phi) is 494. The monoisotopic (exact) mass is 1300 g/mol. The molecule has 0 aliphatic rings. The van der Waals surface area contributed by atoms with E-state index < -0.39 is 0 Å². The van der Waals surface area contributed by atoms with Crippen molar-refractivity contribution >= 4 is 162 Å². The SMILES string of the molecule is C=O.C=O.C=O.C=O.C=O.C=O.C=O.C=O.C=O.C=O.C=O.C=O.C=O.C=O.C=O.C=O.C=O.C=O.C=O.C=O.C=O.C=O.C=O.CC(c1ccccc1)c1ccc(OCCOCCCCCCCCCCCCCCCCCCCCCCCCC=[OH+])cc1. The number of carbonyl (C=O) groups excluding carboxylic acids is 24. The first-order valence-electron chi connectivity index (χ1n) is 25.3. The van der Waals surface area contributed by atoms with Crippen molar-refractivity contribution in [2.75, 3.05) is 19.8 Å². The van der Waals surface area contributed by atoms with E-state index in [1.807, 2.05) is 156 Å². The highest BCUT2D eigenvalue weighted by Gasteiger charge is 2.08. The lowest BCUT2D eigenvalue weighted by atomic mass is 9.93. The van der Waals surface area contributed by atoms with Crippen molar-refractivity contribution in [2.45, 2.75) is 161 Å². The Labute approximate surface area is 537 Å². The van der Waals surface area contributed by atoms with Crippen molar-refractivity contribution in [2.24, 2.45) is 0 Å². The number of ether oxygens (including phenoxy) is 2. The van der Waals surface area contributed by atoms with Crippen LogP contribution in [-0.4, -0.2) is 187 Å². The third-order valence-corrected chi connectivity index (χ3v) is 9.05. The van der Waals surface area contributed by atoms with E-state index in [1.54, 1.807) is 0 Å². The zero-order valence-electron chi connectivity index (χ0n) is 54.2. The van der Waals surface area contributed by atoms with Crippen molar-refractivity contribution in [1.29, 1.82) is 0 Å². The molecule has 524 valence electrons. The quantitative estimate of drug-likeness (QED) is 0.0390. The number of carbonyl (C=O) groups is 23. The van der Waals surface area contributed by atoms with Gasteiger partial charge in [-0.1, -0.05) is 178 Å². The van der Waals surface area contributed by atoms with Gasteiger partial charge in [0, 0.05) is 12.5 Å². The van der Waals surface area contributed by atoms with Crippen LogP contribution in [0.15, 0.2) is 54.6 Å². The smallest absolute Gasteiger partial charge is 0.281 e. The first-order valence-corrected chi connectivity index (χ1v) is 25.3. The maximum absolute atomic E-state index is 8.67. The van der Waals surface area contributed by atoms with Crippen LogP contribution in [0, 0.1) is 0 Å². The Bertz CT molecular complexity index is 1200. The van der Waals surface area contributed by atoms with Crippen LogP contribution >= 0.6 is 0 Å². The summed E-state index contributed by atoms with van der Waals surface area (Å²) in [5, 5.41) is 0. The highest BCUT2D eigenvalue weighted by molar-refractivity contribution is 5.50. The van der Waals surface area contributed by atoms with Gasteiger partial charge in [-0.25, -0.2) is 0 Å². The van der Waals surface area contributed by atoms with Gasteiger partial charge in [-0.15, -0.1) is 0 Å². The third kappa shape index (κ3) is 218. The molecule has 2 rings (SSSR count). The summed E-state index contributed by atoms with van der Waals surface area (Å²) in [7, 11) is 0. The molecule has 0 aromatic heterocycles. The summed E-state index contributed by atoms with van der Waals surface area (Å²) in [5.41, 5.74) is 2.65. The van der Waals surface area contributed by atoms with Gasteiger partial charge in [0.15, 0.2) is 0 Å². The van der Waals surface area contributed by atoms with Crippen LogP contribution in [0.4, 0.5) is 0 Å². The van der Waals surface area contributed by atoms with Gasteiger partial charge >= 0.3 is 0 Å². The van der Waals surface area contributed by atoms with Crippen molar-refractivity contribution in [1.82, 2.24) is 0 Å². The highest BCUT2D eigenvalue weighted by atomic mass is 16.5. The Morgan fingerprint density at radius 3 is 0.689 bits per heavy atom. The molecule has 0 bridgehead atoms. The van der Waals surface area contributed by atoms with Crippen LogP contribution in [0.3, 0.4) is 0 Å². The first-order chi connectivity index (χ1) is 44.8. The number of unbranched alkanes of at least 4 members (excludes halogenated alkanes) is 22. The molecule has 0 saturated heterocycles. The summed E-state index contributed by atoms with van der Waals surface area (Å²) in [6.45, 7) is 50.4. The van der Waals surface area contributed by atoms with Crippen molar-refractivity contribution in [3.05, 3.63) is 65.7 Å². The van der Waals surface area contributed by atoms with Crippen LogP contribution in [0.1, 0.15) is 172 Å². The van der Waals surface area contributed by atoms with Crippen LogP contribution in [0.5, 0.6) is 5.75 Å². The molecule has 1 N–H and O–H groups in total. The zero-order chi connectivity index (χ0) is 77.2. The van der Waals surface area contributed by atoms with E-state index in [0.29, 0.717) is 19.1 Å². The van der Waals surface area contributed by atoms with Gasteiger partial charge in [0.1, 0.15) is 169 Å². The molecule has 0 fully saturated rings. The zero-order valence-corrected chi connectivity index (χ0v) is 54.2. The highest BCUT2D eigenvalue weighted by Crippen LogP contribution is 2.25. The summed E-state index contributed by atoms with van der Waals surface area (Å²) in [5.74, 6) is 1.31. The molecule has 26 nitrogen and oxygen atoms in total.